The van der Waals surface area contributed by atoms with Gasteiger partial charge in [-0.25, -0.2) is 16.8 Å². The first-order chi connectivity index (χ1) is 14.6. The first kappa shape index (κ1) is 23.0. The zero-order valence-electron chi connectivity index (χ0n) is 17.0. The molecule has 31 heavy (non-hydrogen) atoms. The number of terminal acetylenes is 1. The van der Waals surface area contributed by atoms with Gasteiger partial charge < -0.3 is 9.42 Å². The zero-order chi connectivity index (χ0) is 22.8. The molecule has 0 spiro atoms. The van der Waals surface area contributed by atoms with Crippen molar-refractivity contribution < 1.29 is 26.2 Å². The van der Waals surface area contributed by atoms with E-state index in [-0.39, 0.29) is 54.2 Å². The number of nitrogens with zero attached hydrogens (tertiary/aromatic N) is 3. The fourth-order valence-electron chi connectivity index (χ4n) is 3.28. The molecule has 1 N–H and O–H groups in total. The Morgan fingerprint density at radius 3 is 2.26 bits per heavy atom. The number of benzene rings is 1. The molecule has 0 saturated carbocycles. The lowest BCUT2D eigenvalue weighted by Gasteiger charge is -2.34. The normalized spacial score (nSPS) is 15.6. The monoisotopic (exact) mass is 466 g/mol. The number of rotatable bonds is 6. The van der Waals surface area contributed by atoms with Gasteiger partial charge in [0.15, 0.2) is 5.76 Å². The number of sulfonamides is 2. The minimum atomic E-state index is -3.77. The van der Waals surface area contributed by atoms with Crippen molar-refractivity contribution >= 4 is 26.0 Å². The Balaban J connectivity index is 1.67. The maximum absolute atomic E-state index is 12.9. The number of piperazine rings is 1. The second-order valence-corrected chi connectivity index (χ2v) is 10.5. The highest BCUT2D eigenvalue weighted by Crippen LogP contribution is 2.24. The Morgan fingerprint density at radius 1 is 1.13 bits per heavy atom. The van der Waals surface area contributed by atoms with E-state index < -0.39 is 20.0 Å². The highest BCUT2D eigenvalue weighted by atomic mass is 32.2. The van der Waals surface area contributed by atoms with Crippen molar-refractivity contribution in [3.63, 3.8) is 0 Å². The molecule has 1 saturated heterocycles. The molecule has 0 aliphatic carbocycles. The Bertz CT molecular complexity index is 1200. The first-order valence-corrected chi connectivity index (χ1v) is 12.3. The van der Waals surface area contributed by atoms with E-state index in [1.54, 1.807) is 13.8 Å². The standard InChI is InChI=1S/C19H22N4O6S2/c1-4-9-20-30(25,26)17-7-5-16(6-8-17)19(24)22-10-12-23(13-11-22)31(27,28)18-14(2)21-29-15(18)3/h1,5-8,20H,9-13H2,2-3H3. The lowest BCUT2D eigenvalue weighted by atomic mass is 10.2. The molecule has 1 aliphatic heterocycles. The summed E-state index contributed by atoms with van der Waals surface area (Å²) in [5.41, 5.74) is 0.598. The van der Waals surface area contributed by atoms with Crippen molar-refractivity contribution in [2.45, 2.75) is 23.6 Å². The summed E-state index contributed by atoms with van der Waals surface area (Å²) >= 11 is 0. The van der Waals surface area contributed by atoms with E-state index in [0.717, 1.165) is 0 Å². The number of amides is 1. The van der Waals surface area contributed by atoms with Gasteiger partial charge in [0.25, 0.3) is 5.91 Å². The summed E-state index contributed by atoms with van der Waals surface area (Å²) in [4.78, 5) is 14.3. The number of aromatic nitrogens is 1. The fourth-order valence-corrected chi connectivity index (χ4v) is 5.93. The number of carbonyl (C=O) groups excluding carboxylic acids is 1. The maximum Gasteiger partial charge on any atom is 0.253 e. The van der Waals surface area contributed by atoms with Crippen molar-refractivity contribution in [1.29, 1.82) is 0 Å². The summed E-state index contributed by atoms with van der Waals surface area (Å²) in [6.07, 6.45) is 5.06. The van der Waals surface area contributed by atoms with Gasteiger partial charge >= 0.3 is 0 Å². The summed E-state index contributed by atoms with van der Waals surface area (Å²) in [5.74, 6) is 2.10. The topological polar surface area (TPSA) is 130 Å². The van der Waals surface area contributed by atoms with Crippen LogP contribution in [0, 0.1) is 26.2 Å². The van der Waals surface area contributed by atoms with E-state index in [1.165, 1.54) is 33.5 Å². The number of nitrogens with one attached hydrogen (secondary N) is 1. The molecule has 3 rings (SSSR count). The maximum atomic E-state index is 12.9. The van der Waals surface area contributed by atoms with Gasteiger partial charge in [0.1, 0.15) is 10.6 Å². The molecule has 1 aromatic heterocycles. The number of hydrogen-bond acceptors (Lipinski definition) is 7. The van der Waals surface area contributed by atoms with Crippen LogP contribution < -0.4 is 4.72 Å². The molecule has 0 radical (unpaired) electrons. The second kappa shape index (κ2) is 8.80. The molecule has 2 aromatic rings. The molecule has 0 bridgehead atoms. The van der Waals surface area contributed by atoms with Gasteiger partial charge in [0.05, 0.1) is 11.4 Å². The van der Waals surface area contributed by atoms with Crippen LogP contribution in [0.15, 0.2) is 38.6 Å². The molecule has 12 heteroatoms. The average Bonchev–Trinajstić information content (AvgIpc) is 3.10. The Kier molecular flexibility index (Phi) is 6.51. The van der Waals surface area contributed by atoms with Crippen molar-refractivity contribution in [3.05, 3.63) is 41.3 Å². The van der Waals surface area contributed by atoms with E-state index in [0.29, 0.717) is 11.3 Å². The molecular weight excluding hydrogens is 444 g/mol. The lowest BCUT2D eigenvalue weighted by molar-refractivity contribution is 0.0697. The minimum Gasteiger partial charge on any atom is -0.360 e. The van der Waals surface area contributed by atoms with Crippen LogP contribution in [-0.2, 0) is 20.0 Å². The SMILES string of the molecule is C#CCNS(=O)(=O)c1ccc(C(=O)N2CCN(S(=O)(=O)c3c(C)noc3C)CC2)cc1. The summed E-state index contributed by atoms with van der Waals surface area (Å²) in [7, 11) is -7.52. The van der Waals surface area contributed by atoms with E-state index in [9.17, 15) is 21.6 Å². The van der Waals surface area contributed by atoms with E-state index >= 15 is 0 Å². The molecular formula is C19H22N4O6S2. The van der Waals surface area contributed by atoms with Crippen molar-refractivity contribution in [2.75, 3.05) is 32.7 Å². The van der Waals surface area contributed by atoms with Gasteiger partial charge in [0, 0.05) is 31.7 Å². The molecule has 1 aliphatic rings. The minimum absolute atomic E-state index is 0.00493. The molecule has 1 aromatic carbocycles. The summed E-state index contributed by atoms with van der Waals surface area (Å²) < 4.78 is 58.4. The summed E-state index contributed by atoms with van der Waals surface area (Å²) in [6, 6.07) is 5.48. The van der Waals surface area contributed by atoms with Crippen LogP contribution >= 0.6 is 0 Å². The van der Waals surface area contributed by atoms with Crippen LogP contribution in [0.1, 0.15) is 21.8 Å². The highest BCUT2D eigenvalue weighted by molar-refractivity contribution is 7.89. The fraction of sp³-hybridized carbons (Fsp3) is 0.368. The smallest absolute Gasteiger partial charge is 0.253 e. The average molecular weight is 467 g/mol. The Morgan fingerprint density at radius 2 is 1.74 bits per heavy atom. The predicted octanol–water partition coefficient (Wildman–Crippen LogP) is 0.350. The first-order valence-electron chi connectivity index (χ1n) is 9.33. The Hall–Kier alpha value is -2.72. The molecule has 0 unspecified atom stereocenters. The second-order valence-electron chi connectivity index (χ2n) is 6.90. The van der Waals surface area contributed by atoms with Crippen LogP contribution in [0.2, 0.25) is 0 Å². The summed E-state index contributed by atoms with van der Waals surface area (Å²) in [5, 5.41) is 3.70. The largest absolute Gasteiger partial charge is 0.360 e. The van der Waals surface area contributed by atoms with Crippen LogP contribution in [0.3, 0.4) is 0 Å². The lowest BCUT2D eigenvalue weighted by Crippen LogP contribution is -2.50. The van der Waals surface area contributed by atoms with Crippen LogP contribution in [0.25, 0.3) is 0 Å². The third-order valence-corrected chi connectivity index (χ3v) is 8.43. The highest BCUT2D eigenvalue weighted by Gasteiger charge is 2.34. The van der Waals surface area contributed by atoms with Gasteiger partial charge in [-0.15, -0.1) is 6.42 Å². The van der Waals surface area contributed by atoms with Crippen molar-refractivity contribution in [3.8, 4) is 12.3 Å². The van der Waals surface area contributed by atoms with E-state index in [2.05, 4.69) is 15.8 Å². The van der Waals surface area contributed by atoms with Crippen LogP contribution in [0.5, 0.6) is 0 Å². The van der Waals surface area contributed by atoms with Gasteiger partial charge in [-0.05, 0) is 38.1 Å². The van der Waals surface area contributed by atoms with Gasteiger partial charge in [-0.3, -0.25) is 4.79 Å². The Labute approximate surface area is 181 Å². The number of aryl methyl sites for hydroxylation is 2. The number of carbonyl (C=O) groups is 1. The third kappa shape index (κ3) is 4.64. The predicted molar refractivity (Wildman–Crippen MR) is 111 cm³/mol. The van der Waals surface area contributed by atoms with Gasteiger partial charge in [0.2, 0.25) is 20.0 Å². The molecule has 2 heterocycles. The van der Waals surface area contributed by atoms with Gasteiger partial charge in [-0.1, -0.05) is 11.1 Å². The van der Waals surface area contributed by atoms with Crippen molar-refractivity contribution in [2.24, 2.45) is 0 Å². The third-order valence-electron chi connectivity index (χ3n) is 4.87. The molecule has 10 nitrogen and oxygen atoms in total. The van der Waals surface area contributed by atoms with Gasteiger partial charge in [-0.2, -0.15) is 9.03 Å². The molecule has 166 valence electrons. The van der Waals surface area contributed by atoms with E-state index in [1.807, 2.05) is 0 Å². The summed E-state index contributed by atoms with van der Waals surface area (Å²) in [6.45, 7) is 3.62. The molecule has 0 atom stereocenters. The molecule has 1 fully saturated rings. The van der Waals surface area contributed by atoms with E-state index in [4.69, 9.17) is 10.9 Å². The quantitative estimate of drug-likeness (QED) is 0.608. The van der Waals surface area contributed by atoms with Crippen molar-refractivity contribution in [1.82, 2.24) is 19.1 Å². The number of hydrogen-bond donors (Lipinski definition) is 1. The zero-order valence-corrected chi connectivity index (χ0v) is 18.7. The molecule has 1 amide bonds. The van der Waals surface area contributed by atoms with Crippen LogP contribution in [-0.4, -0.2) is 69.8 Å². The van der Waals surface area contributed by atoms with Crippen LogP contribution in [0.4, 0.5) is 0 Å².